The highest BCUT2D eigenvalue weighted by atomic mass is 16.5. The summed E-state index contributed by atoms with van der Waals surface area (Å²) in [5, 5.41) is 0. The predicted octanol–water partition coefficient (Wildman–Crippen LogP) is 3.79. The first-order chi connectivity index (χ1) is 9.60. The maximum absolute atomic E-state index is 12.1. The SMILES string of the molecule is CCCCCCC(C)OC(=O)c1cccc(N)c1OC. The summed E-state index contributed by atoms with van der Waals surface area (Å²) in [5.41, 5.74) is 6.61. The molecule has 0 saturated carbocycles. The topological polar surface area (TPSA) is 61.5 Å². The lowest BCUT2D eigenvalue weighted by Gasteiger charge is -2.15. The van der Waals surface area contributed by atoms with E-state index in [-0.39, 0.29) is 12.1 Å². The van der Waals surface area contributed by atoms with Crippen LogP contribution in [0.3, 0.4) is 0 Å². The van der Waals surface area contributed by atoms with E-state index >= 15 is 0 Å². The molecule has 1 unspecified atom stereocenters. The standard InChI is InChI=1S/C16H25NO3/c1-4-5-6-7-9-12(2)20-16(18)13-10-8-11-14(17)15(13)19-3/h8,10-12H,4-7,9,17H2,1-3H3. The van der Waals surface area contributed by atoms with Gasteiger partial charge in [-0.3, -0.25) is 0 Å². The fourth-order valence-electron chi connectivity index (χ4n) is 2.11. The van der Waals surface area contributed by atoms with Gasteiger partial charge in [-0.2, -0.15) is 0 Å². The van der Waals surface area contributed by atoms with Crippen molar-refractivity contribution in [3.63, 3.8) is 0 Å². The summed E-state index contributed by atoms with van der Waals surface area (Å²) in [4.78, 5) is 12.1. The number of benzene rings is 1. The van der Waals surface area contributed by atoms with Crippen molar-refractivity contribution < 1.29 is 14.3 Å². The van der Waals surface area contributed by atoms with Crippen LogP contribution in [-0.2, 0) is 4.74 Å². The summed E-state index contributed by atoms with van der Waals surface area (Å²) in [5.74, 6) is 0.00724. The van der Waals surface area contributed by atoms with Crippen molar-refractivity contribution in [1.82, 2.24) is 0 Å². The molecule has 1 rings (SSSR count). The minimum atomic E-state index is -0.378. The highest BCUT2D eigenvalue weighted by molar-refractivity contribution is 5.94. The zero-order valence-corrected chi connectivity index (χ0v) is 12.6. The zero-order valence-electron chi connectivity index (χ0n) is 12.6. The molecule has 20 heavy (non-hydrogen) atoms. The largest absolute Gasteiger partial charge is 0.494 e. The molecule has 4 heteroatoms. The zero-order chi connectivity index (χ0) is 15.0. The van der Waals surface area contributed by atoms with Crippen molar-refractivity contribution in [3.05, 3.63) is 23.8 Å². The van der Waals surface area contributed by atoms with Crippen LogP contribution < -0.4 is 10.5 Å². The van der Waals surface area contributed by atoms with Gasteiger partial charge >= 0.3 is 5.97 Å². The molecule has 0 bridgehead atoms. The molecule has 0 amide bonds. The van der Waals surface area contributed by atoms with Gasteiger partial charge in [0.25, 0.3) is 0 Å². The van der Waals surface area contributed by atoms with Gasteiger partial charge in [-0.15, -0.1) is 0 Å². The van der Waals surface area contributed by atoms with Gasteiger partial charge in [0, 0.05) is 0 Å². The average Bonchev–Trinajstić information content (AvgIpc) is 2.43. The molecule has 0 aliphatic carbocycles. The smallest absolute Gasteiger partial charge is 0.342 e. The second-order valence-electron chi connectivity index (χ2n) is 4.99. The molecule has 0 aliphatic rings. The molecular formula is C16H25NO3. The number of rotatable bonds is 8. The molecular weight excluding hydrogens is 254 g/mol. The lowest BCUT2D eigenvalue weighted by molar-refractivity contribution is 0.0316. The second-order valence-corrected chi connectivity index (χ2v) is 4.99. The lowest BCUT2D eigenvalue weighted by Crippen LogP contribution is -2.16. The third kappa shape index (κ3) is 4.76. The number of carbonyl (C=O) groups is 1. The van der Waals surface area contributed by atoms with E-state index in [9.17, 15) is 4.79 Å². The Morgan fingerprint density at radius 2 is 2.05 bits per heavy atom. The van der Waals surface area contributed by atoms with E-state index < -0.39 is 0 Å². The monoisotopic (exact) mass is 279 g/mol. The Hall–Kier alpha value is -1.71. The molecule has 4 nitrogen and oxygen atoms in total. The van der Waals surface area contributed by atoms with Gasteiger partial charge in [-0.1, -0.05) is 32.3 Å². The molecule has 0 heterocycles. The van der Waals surface area contributed by atoms with Crippen LogP contribution in [0.1, 0.15) is 56.3 Å². The maximum Gasteiger partial charge on any atom is 0.342 e. The Balaban J connectivity index is 2.56. The Kier molecular flexibility index (Phi) is 6.91. The Labute approximate surface area is 121 Å². The molecule has 1 aromatic carbocycles. The fourth-order valence-corrected chi connectivity index (χ4v) is 2.11. The molecule has 0 aromatic heterocycles. The van der Waals surface area contributed by atoms with Crippen LogP contribution in [0.5, 0.6) is 5.75 Å². The maximum atomic E-state index is 12.1. The molecule has 2 N–H and O–H groups in total. The van der Waals surface area contributed by atoms with E-state index in [1.54, 1.807) is 18.2 Å². The first-order valence-corrected chi connectivity index (χ1v) is 7.23. The van der Waals surface area contributed by atoms with E-state index in [1.807, 2.05) is 6.92 Å². The van der Waals surface area contributed by atoms with Crippen molar-refractivity contribution >= 4 is 11.7 Å². The summed E-state index contributed by atoms with van der Waals surface area (Å²) in [6.45, 7) is 4.10. The van der Waals surface area contributed by atoms with Crippen LogP contribution in [0.25, 0.3) is 0 Å². The lowest BCUT2D eigenvalue weighted by atomic mass is 10.1. The quantitative estimate of drug-likeness (QED) is 0.447. The molecule has 1 aromatic rings. The van der Waals surface area contributed by atoms with E-state index in [0.717, 1.165) is 12.8 Å². The van der Waals surface area contributed by atoms with E-state index in [4.69, 9.17) is 15.2 Å². The average molecular weight is 279 g/mol. The number of esters is 1. The number of hydrogen-bond acceptors (Lipinski definition) is 4. The number of nitrogens with two attached hydrogens (primary N) is 1. The minimum Gasteiger partial charge on any atom is -0.494 e. The highest BCUT2D eigenvalue weighted by Gasteiger charge is 2.18. The number of methoxy groups -OCH3 is 1. The number of unbranched alkanes of at least 4 members (excludes halogenated alkanes) is 3. The Bertz CT molecular complexity index is 432. The van der Waals surface area contributed by atoms with Crippen molar-refractivity contribution in [2.75, 3.05) is 12.8 Å². The van der Waals surface area contributed by atoms with Crippen molar-refractivity contribution in [2.24, 2.45) is 0 Å². The predicted molar refractivity (Wildman–Crippen MR) is 81.0 cm³/mol. The number of ether oxygens (including phenoxy) is 2. The molecule has 0 saturated heterocycles. The summed E-state index contributed by atoms with van der Waals surface area (Å²) in [7, 11) is 1.50. The molecule has 0 spiro atoms. The van der Waals surface area contributed by atoms with Gasteiger partial charge in [-0.25, -0.2) is 4.79 Å². The van der Waals surface area contributed by atoms with Crippen LogP contribution in [0.15, 0.2) is 18.2 Å². The Morgan fingerprint density at radius 3 is 2.70 bits per heavy atom. The summed E-state index contributed by atoms with van der Waals surface area (Å²) in [6.07, 6.45) is 5.48. The third-order valence-corrected chi connectivity index (χ3v) is 3.24. The van der Waals surface area contributed by atoms with Gasteiger partial charge in [0.1, 0.15) is 5.56 Å². The van der Waals surface area contributed by atoms with Gasteiger partial charge in [0.15, 0.2) is 5.75 Å². The number of carbonyl (C=O) groups excluding carboxylic acids is 1. The highest BCUT2D eigenvalue weighted by Crippen LogP contribution is 2.27. The minimum absolute atomic E-state index is 0.0921. The van der Waals surface area contributed by atoms with Crippen LogP contribution >= 0.6 is 0 Å². The number of anilines is 1. The van der Waals surface area contributed by atoms with Crippen molar-refractivity contribution in [1.29, 1.82) is 0 Å². The summed E-state index contributed by atoms with van der Waals surface area (Å²) in [6, 6.07) is 5.09. The van der Waals surface area contributed by atoms with Gasteiger partial charge in [0.05, 0.1) is 18.9 Å². The fraction of sp³-hybridized carbons (Fsp3) is 0.562. The third-order valence-electron chi connectivity index (χ3n) is 3.24. The van der Waals surface area contributed by atoms with Gasteiger partial charge in [-0.05, 0) is 31.9 Å². The second kappa shape index (κ2) is 8.46. The Morgan fingerprint density at radius 1 is 1.30 bits per heavy atom. The normalized spacial score (nSPS) is 11.9. The first-order valence-electron chi connectivity index (χ1n) is 7.23. The summed E-state index contributed by atoms with van der Waals surface area (Å²) < 4.78 is 10.6. The molecule has 0 radical (unpaired) electrons. The number of nitrogen functional groups attached to an aromatic ring is 1. The summed E-state index contributed by atoms with van der Waals surface area (Å²) >= 11 is 0. The van der Waals surface area contributed by atoms with Crippen LogP contribution in [0.4, 0.5) is 5.69 Å². The van der Waals surface area contributed by atoms with E-state index in [0.29, 0.717) is 17.0 Å². The first kappa shape index (κ1) is 16.3. The molecule has 0 fully saturated rings. The number of hydrogen-bond donors (Lipinski definition) is 1. The van der Waals surface area contributed by atoms with Crippen LogP contribution in [0.2, 0.25) is 0 Å². The van der Waals surface area contributed by atoms with Crippen molar-refractivity contribution in [3.8, 4) is 5.75 Å². The van der Waals surface area contributed by atoms with Gasteiger partial charge in [0.2, 0.25) is 0 Å². The van der Waals surface area contributed by atoms with E-state index in [1.165, 1.54) is 26.4 Å². The van der Waals surface area contributed by atoms with Gasteiger partial charge < -0.3 is 15.2 Å². The van der Waals surface area contributed by atoms with Crippen molar-refractivity contribution in [2.45, 2.75) is 52.1 Å². The number of para-hydroxylation sites is 1. The molecule has 1 atom stereocenters. The van der Waals surface area contributed by atoms with E-state index in [2.05, 4.69) is 6.92 Å². The van der Waals surface area contributed by atoms with Crippen LogP contribution in [-0.4, -0.2) is 19.2 Å². The molecule has 112 valence electrons. The van der Waals surface area contributed by atoms with Crippen LogP contribution in [0, 0.1) is 0 Å². The molecule has 0 aliphatic heterocycles.